The molecule has 0 amide bonds. The van der Waals surface area contributed by atoms with Crippen LogP contribution in [0.1, 0.15) is 18.5 Å². The highest BCUT2D eigenvalue weighted by Crippen LogP contribution is 2.27. The summed E-state index contributed by atoms with van der Waals surface area (Å²) < 4.78 is 0. The summed E-state index contributed by atoms with van der Waals surface area (Å²) in [6.45, 7) is 2.16. The van der Waals surface area contributed by atoms with Crippen molar-refractivity contribution < 1.29 is 0 Å². The number of hydrogen-bond acceptors (Lipinski definition) is 5. The molecule has 0 aliphatic rings. The smallest absolute Gasteiger partial charge is 0.163 e. The molecule has 1 atom stereocenters. The van der Waals surface area contributed by atoms with Crippen molar-refractivity contribution in [3.8, 4) is 11.4 Å². The summed E-state index contributed by atoms with van der Waals surface area (Å²) in [6, 6.07) is 12.5. The number of aromatic nitrogens is 5. The number of anilines is 1. The SMILES string of the molecule is C[C@@H](c1ccccc1)N(C)c1ccnc(-c2c[nH]c3ncncc23)n1. The van der Waals surface area contributed by atoms with E-state index in [1.807, 2.05) is 25.4 Å². The van der Waals surface area contributed by atoms with Gasteiger partial charge in [-0.25, -0.2) is 19.9 Å². The Morgan fingerprint density at radius 3 is 2.76 bits per heavy atom. The van der Waals surface area contributed by atoms with E-state index < -0.39 is 0 Å². The molecule has 0 aliphatic carbocycles. The van der Waals surface area contributed by atoms with Gasteiger partial charge in [0, 0.05) is 36.6 Å². The number of H-pyrrole nitrogens is 1. The van der Waals surface area contributed by atoms with Gasteiger partial charge in [-0.1, -0.05) is 30.3 Å². The van der Waals surface area contributed by atoms with Crippen molar-refractivity contribution >= 4 is 16.9 Å². The Bertz CT molecular complexity index is 995. The van der Waals surface area contributed by atoms with Crippen LogP contribution < -0.4 is 4.90 Å². The van der Waals surface area contributed by atoms with Gasteiger partial charge < -0.3 is 9.88 Å². The third-order valence-electron chi connectivity index (χ3n) is 4.46. The minimum Gasteiger partial charge on any atom is -0.353 e. The second-order valence-corrected chi connectivity index (χ2v) is 5.92. The molecule has 0 aliphatic heterocycles. The number of hydrogen-bond donors (Lipinski definition) is 1. The van der Waals surface area contributed by atoms with Crippen molar-refractivity contribution in [3.05, 3.63) is 66.9 Å². The summed E-state index contributed by atoms with van der Waals surface area (Å²) in [4.78, 5) is 22.8. The van der Waals surface area contributed by atoms with Gasteiger partial charge in [-0.3, -0.25) is 0 Å². The molecule has 4 rings (SSSR count). The molecule has 3 aromatic heterocycles. The molecule has 1 aromatic carbocycles. The standard InChI is InChI=1S/C19H18N6/c1-13(14-6-4-3-5-7-14)25(2)17-8-9-21-19(24-17)16-11-22-18-15(16)10-20-12-23-18/h3-13H,1-2H3,(H,20,22,23)/t13-/m0/s1. The van der Waals surface area contributed by atoms with Crippen LogP contribution in [0, 0.1) is 0 Å². The molecule has 3 heterocycles. The minimum absolute atomic E-state index is 0.204. The molecule has 0 fully saturated rings. The molecule has 0 saturated heterocycles. The fourth-order valence-electron chi connectivity index (χ4n) is 2.87. The highest BCUT2D eigenvalue weighted by molar-refractivity contribution is 5.90. The van der Waals surface area contributed by atoms with Crippen molar-refractivity contribution in [2.24, 2.45) is 0 Å². The molecule has 4 aromatic rings. The van der Waals surface area contributed by atoms with Crippen LogP contribution in [0.2, 0.25) is 0 Å². The topological polar surface area (TPSA) is 70.6 Å². The number of nitrogens with one attached hydrogen (secondary N) is 1. The monoisotopic (exact) mass is 330 g/mol. The van der Waals surface area contributed by atoms with E-state index in [2.05, 4.69) is 56.0 Å². The summed E-state index contributed by atoms with van der Waals surface area (Å²) in [6.07, 6.45) is 6.96. The molecule has 1 N–H and O–H groups in total. The van der Waals surface area contributed by atoms with E-state index >= 15 is 0 Å². The van der Waals surface area contributed by atoms with Gasteiger partial charge in [0.2, 0.25) is 0 Å². The van der Waals surface area contributed by atoms with E-state index in [0.717, 1.165) is 22.4 Å². The van der Waals surface area contributed by atoms with Crippen LogP contribution in [0.3, 0.4) is 0 Å². The Balaban J connectivity index is 1.70. The van der Waals surface area contributed by atoms with Gasteiger partial charge in [0.1, 0.15) is 17.8 Å². The van der Waals surface area contributed by atoms with E-state index in [9.17, 15) is 0 Å². The summed E-state index contributed by atoms with van der Waals surface area (Å²) in [5.74, 6) is 1.53. The fraction of sp³-hybridized carbons (Fsp3) is 0.158. The van der Waals surface area contributed by atoms with E-state index in [1.54, 1.807) is 12.4 Å². The van der Waals surface area contributed by atoms with Gasteiger partial charge in [-0.2, -0.15) is 0 Å². The molecule has 0 spiro atoms. The quantitative estimate of drug-likeness (QED) is 0.619. The van der Waals surface area contributed by atoms with Crippen LogP contribution in [0.15, 0.2) is 61.3 Å². The summed E-state index contributed by atoms with van der Waals surface area (Å²) in [7, 11) is 2.04. The maximum atomic E-state index is 4.75. The second-order valence-electron chi connectivity index (χ2n) is 5.92. The van der Waals surface area contributed by atoms with Gasteiger partial charge in [0.25, 0.3) is 0 Å². The highest BCUT2D eigenvalue weighted by Gasteiger charge is 2.15. The lowest BCUT2D eigenvalue weighted by Crippen LogP contribution is -2.22. The first-order valence-electron chi connectivity index (χ1n) is 8.12. The van der Waals surface area contributed by atoms with Crippen molar-refractivity contribution in [3.63, 3.8) is 0 Å². The van der Waals surface area contributed by atoms with Crippen molar-refractivity contribution in [1.29, 1.82) is 0 Å². The van der Waals surface area contributed by atoms with Gasteiger partial charge in [-0.05, 0) is 18.6 Å². The molecule has 6 nitrogen and oxygen atoms in total. The first-order chi connectivity index (χ1) is 12.2. The first kappa shape index (κ1) is 15.3. The molecule has 0 bridgehead atoms. The summed E-state index contributed by atoms with van der Waals surface area (Å²) in [5.41, 5.74) is 2.92. The Kier molecular flexibility index (Phi) is 3.85. The van der Waals surface area contributed by atoms with E-state index in [0.29, 0.717) is 5.82 Å². The largest absolute Gasteiger partial charge is 0.353 e. The Hall–Kier alpha value is -3.28. The molecular weight excluding hydrogens is 312 g/mol. The van der Waals surface area contributed by atoms with Gasteiger partial charge >= 0.3 is 0 Å². The van der Waals surface area contributed by atoms with Gasteiger partial charge in [0.15, 0.2) is 5.82 Å². The number of rotatable bonds is 4. The lowest BCUT2D eigenvalue weighted by Gasteiger charge is -2.26. The van der Waals surface area contributed by atoms with Crippen LogP contribution in [-0.2, 0) is 0 Å². The van der Waals surface area contributed by atoms with Crippen LogP contribution in [0.25, 0.3) is 22.4 Å². The maximum absolute atomic E-state index is 4.75. The van der Waals surface area contributed by atoms with Gasteiger partial charge in [0.05, 0.1) is 6.04 Å². The predicted molar refractivity (Wildman–Crippen MR) is 98.2 cm³/mol. The van der Waals surface area contributed by atoms with Crippen molar-refractivity contribution in [2.45, 2.75) is 13.0 Å². The van der Waals surface area contributed by atoms with Gasteiger partial charge in [-0.15, -0.1) is 0 Å². The molecule has 124 valence electrons. The maximum Gasteiger partial charge on any atom is 0.163 e. The normalized spacial score (nSPS) is 12.2. The van der Waals surface area contributed by atoms with Crippen LogP contribution in [-0.4, -0.2) is 32.0 Å². The lowest BCUT2D eigenvalue weighted by atomic mass is 10.1. The second kappa shape index (κ2) is 6.32. The highest BCUT2D eigenvalue weighted by atomic mass is 15.2. The molecule has 0 unspecified atom stereocenters. The Labute approximate surface area is 145 Å². The number of benzene rings is 1. The van der Waals surface area contributed by atoms with Crippen molar-refractivity contribution in [2.75, 3.05) is 11.9 Å². The zero-order chi connectivity index (χ0) is 17.2. The Morgan fingerprint density at radius 2 is 1.92 bits per heavy atom. The number of fused-ring (bicyclic) bond motifs is 1. The molecular formula is C19H18N6. The molecule has 0 saturated carbocycles. The third kappa shape index (κ3) is 2.82. The van der Waals surface area contributed by atoms with E-state index in [1.165, 1.54) is 11.9 Å². The average molecular weight is 330 g/mol. The molecule has 6 heteroatoms. The lowest BCUT2D eigenvalue weighted by molar-refractivity contribution is 0.728. The molecule has 25 heavy (non-hydrogen) atoms. The number of aromatic amines is 1. The predicted octanol–water partition coefficient (Wildman–Crippen LogP) is 3.61. The third-order valence-corrected chi connectivity index (χ3v) is 4.46. The average Bonchev–Trinajstić information content (AvgIpc) is 3.12. The van der Waals surface area contributed by atoms with Crippen molar-refractivity contribution in [1.82, 2.24) is 24.9 Å². The minimum atomic E-state index is 0.204. The fourth-order valence-corrected chi connectivity index (χ4v) is 2.87. The zero-order valence-corrected chi connectivity index (χ0v) is 14.1. The van der Waals surface area contributed by atoms with E-state index in [-0.39, 0.29) is 6.04 Å². The molecule has 0 radical (unpaired) electrons. The summed E-state index contributed by atoms with van der Waals surface area (Å²) >= 11 is 0. The van der Waals surface area contributed by atoms with Crippen LogP contribution in [0.4, 0.5) is 5.82 Å². The zero-order valence-electron chi connectivity index (χ0n) is 14.1. The summed E-state index contributed by atoms with van der Waals surface area (Å²) in [5, 5.41) is 0.915. The van der Waals surface area contributed by atoms with Crippen LogP contribution >= 0.6 is 0 Å². The number of nitrogens with zero attached hydrogens (tertiary/aromatic N) is 5. The van der Waals surface area contributed by atoms with E-state index in [4.69, 9.17) is 4.98 Å². The Morgan fingerprint density at radius 1 is 1.08 bits per heavy atom. The first-order valence-corrected chi connectivity index (χ1v) is 8.12. The van der Waals surface area contributed by atoms with Crippen LogP contribution in [0.5, 0.6) is 0 Å².